The van der Waals surface area contributed by atoms with E-state index < -0.39 is 10.0 Å². The molecule has 0 radical (unpaired) electrons. The minimum absolute atomic E-state index is 0.133. The second-order valence-electron chi connectivity index (χ2n) is 7.51. The van der Waals surface area contributed by atoms with Crippen LogP contribution in [0.5, 0.6) is 0 Å². The zero-order chi connectivity index (χ0) is 22.6. The molecular weight excluding hydrogens is 428 g/mol. The molecule has 0 spiro atoms. The van der Waals surface area contributed by atoms with E-state index in [1.54, 1.807) is 18.2 Å². The maximum Gasteiger partial charge on any atom is 0.261 e. The van der Waals surface area contributed by atoms with E-state index in [4.69, 9.17) is 0 Å². The third-order valence-corrected chi connectivity index (χ3v) is 7.27. The lowest BCUT2D eigenvalue weighted by Crippen LogP contribution is -2.22. The summed E-state index contributed by atoms with van der Waals surface area (Å²) in [5.41, 5.74) is 4.09. The zero-order valence-corrected chi connectivity index (χ0v) is 19.6. The Morgan fingerprint density at radius 1 is 0.871 bits per heavy atom. The highest BCUT2D eigenvalue weighted by molar-refractivity contribution is 8.00. The molecule has 0 saturated carbocycles. The van der Waals surface area contributed by atoms with E-state index in [1.165, 1.54) is 29.5 Å². The van der Waals surface area contributed by atoms with Gasteiger partial charge in [0.05, 0.1) is 15.8 Å². The molecule has 0 aliphatic heterocycles. The van der Waals surface area contributed by atoms with Crippen molar-refractivity contribution in [3.63, 3.8) is 0 Å². The maximum atomic E-state index is 12.7. The van der Waals surface area contributed by atoms with E-state index in [1.807, 2.05) is 64.1 Å². The third kappa shape index (κ3) is 6.12. The van der Waals surface area contributed by atoms with Crippen LogP contribution in [0.1, 0.15) is 23.6 Å². The highest BCUT2D eigenvalue weighted by atomic mass is 32.2. The van der Waals surface area contributed by atoms with Crippen molar-refractivity contribution in [3.05, 3.63) is 83.4 Å². The average Bonchev–Trinajstić information content (AvgIpc) is 2.72. The van der Waals surface area contributed by atoms with Crippen LogP contribution in [-0.4, -0.2) is 19.6 Å². The molecule has 0 fully saturated rings. The lowest BCUT2D eigenvalue weighted by molar-refractivity contribution is -0.115. The minimum atomic E-state index is -3.73. The van der Waals surface area contributed by atoms with Gasteiger partial charge in [0.25, 0.3) is 10.0 Å². The number of sulfonamides is 1. The van der Waals surface area contributed by atoms with Crippen molar-refractivity contribution < 1.29 is 13.2 Å². The molecule has 162 valence electrons. The van der Waals surface area contributed by atoms with Gasteiger partial charge in [-0.15, -0.1) is 11.8 Å². The molecular formula is C24H26N2O3S2. The molecule has 1 amide bonds. The zero-order valence-electron chi connectivity index (χ0n) is 18.0. The van der Waals surface area contributed by atoms with Gasteiger partial charge in [-0.05, 0) is 81.3 Å². The van der Waals surface area contributed by atoms with Gasteiger partial charge >= 0.3 is 0 Å². The Kier molecular flexibility index (Phi) is 7.08. The standard InChI is InChI=1S/C24H26N2O3S2/c1-16-6-11-21(12-7-16)30-19(4)24(27)25-20-9-13-22(14-10-20)31(28,29)26-23-15-17(2)5-8-18(23)3/h5-15,19,26H,1-4H3,(H,25,27)/t19-/m1/s1. The number of amides is 1. The molecule has 2 N–H and O–H groups in total. The summed E-state index contributed by atoms with van der Waals surface area (Å²) in [4.78, 5) is 13.7. The fraction of sp³-hybridized carbons (Fsp3) is 0.208. The van der Waals surface area contributed by atoms with Crippen molar-refractivity contribution in [2.45, 2.75) is 42.7 Å². The van der Waals surface area contributed by atoms with Gasteiger partial charge in [0.15, 0.2) is 0 Å². The molecule has 31 heavy (non-hydrogen) atoms. The first kappa shape index (κ1) is 22.9. The smallest absolute Gasteiger partial charge is 0.261 e. The number of rotatable bonds is 7. The Balaban J connectivity index is 1.65. The molecule has 3 aromatic rings. The topological polar surface area (TPSA) is 75.3 Å². The number of anilines is 2. The summed E-state index contributed by atoms with van der Waals surface area (Å²) < 4.78 is 28.1. The fourth-order valence-corrected chi connectivity index (χ4v) is 4.87. The van der Waals surface area contributed by atoms with E-state index in [-0.39, 0.29) is 16.1 Å². The van der Waals surface area contributed by atoms with Gasteiger partial charge in [-0.2, -0.15) is 0 Å². The highest BCUT2D eigenvalue weighted by Gasteiger charge is 2.17. The number of hydrogen-bond donors (Lipinski definition) is 2. The fourth-order valence-electron chi connectivity index (χ4n) is 2.89. The first-order chi connectivity index (χ1) is 14.6. The van der Waals surface area contributed by atoms with Crippen LogP contribution >= 0.6 is 11.8 Å². The van der Waals surface area contributed by atoms with Crippen molar-refractivity contribution in [2.24, 2.45) is 0 Å². The molecule has 0 aliphatic rings. The van der Waals surface area contributed by atoms with Crippen molar-refractivity contribution >= 4 is 39.1 Å². The molecule has 0 bridgehead atoms. The second-order valence-corrected chi connectivity index (χ2v) is 10.6. The van der Waals surface area contributed by atoms with Crippen LogP contribution in [0.2, 0.25) is 0 Å². The van der Waals surface area contributed by atoms with Crippen LogP contribution in [0.25, 0.3) is 0 Å². The summed E-state index contributed by atoms with van der Waals surface area (Å²) in [6, 6.07) is 19.8. The SMILES string of the molecule is Cc1ccc(S[C@H](C)C(=O)Nc2ccc(S(=O)(=O)Nc3cc(C)ccc3C)cc2)cc1. The van der Waals surface area contributed by atoms with Crippen molar-refractivity contribution in [2.75, 3.05) is 10.0 Å². The van der Waals surface area contributed by atoms with Gasteiger partial charge < -0.3 is 5.32 Å². The summed E-state index contributed by atoms with van der Waals surface area (Å²) >= 11 is 1.47. The summed E-state index contributed by atoms with van der Waals surface area (Å²) in [5, 5.41) is 2.55. The van der Waals surface area contributed by atoms with E-state index in [9.17, 15) is 13.2 Å². The van der Waals surface area contributed by atoms with Gasteiger partial charge in [-0.1, -0.05) is 29.8 Å². The Hall–Kier alpha value is -2.77. The van der Waals surface area contributed by atoms with Crippen LogP contribution in [0.15, 0.2) is 76.5 Å². The number of benzene rings is 3. The van der Waals surface area contributed by atoms with Crippen LogP contribution in [0.4, 0.5) is 11.4 Å². The Labute approximate surface area is 188 Å². The predicted molar refractivity (Wildman–Crippen MR) is 128 cm³/mol. The van der Waals surface area contributed by atoms with Crippen LogP contribution in [0, 0.1) is 20.8 Å². The monoisotopic (exact) mass is 454 g/mol. The molecule has 5 nitrogen and oxygen atoms in total. The first-order valence-corrected chi connectivity index (χ1v) is 12.2. The van der Waals surface area contributed by atoms with Gasteiger partial charge in [0, 0.05) is 10.6 Å². The molecule has 7 heteroatoms. The highest BCUT2D eigenvalue weighted by Crippen LogP contribution is 2.25. The predicted octanol–water partition coefficient (Wildman–Crippen LogP) is 5.53. The number of carbonyl (C=O) groups excluding carboxylic acids is 1. The Morgan fingerprint density at radius 2 is 1.48 bits per heavy atom. The third-order valence-electron chi connectivity index (χ3n) is 4.77. The van der Waals surface area contributed by atoms with Crippen molar-refractivity contribution in [3.8, 4) is 0 Å². The largest absolute Gasteiger partial charge is 0.325 e. The van der Waals surface area contributed by atoms with Crippen molar-refractivity contribution in [1.82, 2.24) is 0 Å². The summed E-state index contributed by atoms with van der Waals surface area (Å²) in [5.74, 6) is -0.144. The van der Waals surface area contributed by atoms with E-state index in [0.29, 0.717) is 11.4 Å². The Morgan fingerprint density at radius 3 is 2.13 bits per heavy atom. The summed E-state index contributed by atoms with van der Waals surface area (Å²) in [7, 11) is -3.73. The molecule has 3 rings (SSSR count). The molecule has 0 unspecified atom stereocenters. The molecule has 0 aliphatic carbocycles. The lowest BCUT2D eigenvalue weighted by Gasteiger charge is -2.14. The number of hydrogen-bond acceptors (Lipinski definition) is 4. The van der Waals surface area contributed by atoms with Crippen LogP contribution < -0.4 is 10.0 Å². The van der Waals surface area contributed by atoms with E-state index in [2.05, 4.69) is 10.0 Å². The second kappa shape index (κ2) is 9.58. The summed E-state index contributed by atoms with van der Waals surface area (Å²) in [6.45, 7) is 7.62. The molecule has 0 heterocycles. The number of thioether (sulfide) groups is 1. The van der Waals surface area contributed by atoms with E-state index >= 15 is 0 Å². The van der Waals surface area contributed by atoms with Crippen molar-refractivity contribution in [1.29, 1.82) is 0 Å². The van der Waals surface area contributed by atoms with Crippen LogP contribution in [-0.2, 0) is 14.8 Å². The van der Waals surface area contributed by atoms with Gasteiger partial charge in [-0.3, -0.25) is 9.52 Å². The van der Waals surface area contributed by atoms with Crippen LogP contribution in [0.3, 0.4) is 0 Å². The molecule has 3 aromatic carbocycles. The Bertz CT molecular complexity index is 1170. The number of aryl methyl sites for hydroxylation is 3. The normalized spacial score (nSPS) is 12.3. The summed E-state index contributed by atoms with van der Waals surface area (Å²) in [6.07, 6.45) is 0. The number of nitrogens with one attached hydrogen (secondary N) is 2. The first-order valence-electron chi connectivity index (χ1n) is 9.88. The quantitative estimate of drug-likeness (QED) is 0.460. The molecule has 0 aromatic heterocycles. The number of carbonyl (C=O) groups is 1. The molecule has 1 atom stereocenters. The van der Waals surface area contributed by atoms with Gasteiger partial charge in [0.1, 0.15) is 0 Å². The maximum absolute atomic E-state index is 12.7. The lowest BCUT2D eigenvalue weighted by atomic mass is 10.1. The average molecular weight is 455 g/mol. The van der Waals surface area contributed by atoms with E-state index in [0.717, 1.165) is 16.0 Å². The molecule has 0 saturated heterocycles. The van der Waals surface area contributed by atoms with Gasteiger partial charge in [-0.25, -0.2) is 8.42 Å². The van der Waals surface area contributed by atoms with Gasteiger partial charge in [0.2, 0.25) is 5.91 Å². The minimum Gasteiger partial charge on any atom is -0.325 e.